The van der Waals surface area contributed by atoms with Gasteiger partial charge in [-0.3, -0.25) is 10.1 Å². The van der Waals surface area contributed by atoms with Gasteiger partial charge in [-0.2, -0.15) is 0 Å². The van der Waals surface area contributed by atoms with Crippen molar-refractivity contribution in [3.05, 3.63) is 58.6 Å². The smallest absolute Gasteiger partial charge is 0.269 e. The van der Waals surface area contributed by atoms with E-state index in [9.17, 15) is 10.1 Å². The number of rotatable bonds is 7. The third-order valence-corrected chi connectivity index (χ3v) is 5.38. The van der Waals surface area contributed by atoms with E-state index in [-0.39, 0.29) is 11.7 Å². The summed E-state index contributed by atoms with van der Waals surface area (Å²) in [7, 11) is 0. The SMILES string of the molecule is CC(C)CCC[C@@H](C)n1c(-c2ccc([N+](=O)[O-])cc2)nc2nc3ccccc3nc21. The molecule has 0 saturated carbocycles. The van der Waals surface area contributed by atoms with Crippen molar-refractivity contribution >= 4 is 28.0 Å². The van der Waals surface area contributed by atoms with Crippen LogP contribution in [0.5, 0.6) is 0 Å². The molecule has 0 aliphatic rings. The number of non-ortho nitro benzene ring substituents is 1. The molecule has 0 saturated heterocycles. The Hall–Kier alpha value is -3.35. The molecule has 0 spiro atoms. The molecular weight excluding hydrogens is 378 g/mol. The number of imidazole rings is 1. The minimum absolute atomic E-state index is 0.0633. The topological polar surface area (TPSA) is 86.7 Å². The van der Waals surface area contributed by atoms with E-state index < -0.39 is 4.92 Å². The van der Waals surface area contributed by atoms with Crippen LogP contribution in [-0.4, -0.2) is 24.4 Å². The first-order valence-corrected chi connectivity index (χ1v) is 10.3. The molecule has 0 fully saturated rings. The lowest BCUT2D eigenvalue weighted by Crippen LogP contribution is -2.08. The molecule has 30 heavy (non-hydrogen) atoms. The zero-order valence-corrected chi connectivity index (χ0v) is 17.4. The zero-order chi connectivity index (χ0) is 21.3. The second-order valence-corrected chi connectivity index (χ2v) is 8.14. The molecule has 7 nitrogen and oxygen atoms in total. The van der Waals surface area contributed by atoms with Crippen LogP contribution < -0.4 is 0 Å². The lowest BCUT2D eigenvalue weighted by molar-refractivity contribution is -0.384. The van der Waals surface area contributed by atoms with Crippen LogP contribution in [0.1, 0.15) is 46.1 Å². The summed E-state index contributed by atoms with van der Waals surface area (Å²) in [5.41, 5.74) is 3.86. The number of nitro groups is 1. The van der Waals surface area contributed by atoms with Crippen LogP contribution in [0.2, 0.25) is 0 Å². The molecule has 0 radical (unpaired) electrons. The molecule has 0 N–H and O–H groups in total. The Morgan fingerprint density at radius 3 is 2.23 bits per heavy atom. The number of nitro benzene ring substituents is 1. The normalized spacial score (nSPS) is 12.7. The Morgan fingerprint density at radius 2 is 1.60 bits per heavy atom. The molecule has 0 aliphatic heterocycles. The fourth-order valence-corrected chi connectivity index (χ4v) is 3.78. The molecule has 2 aromatic carbocycles. The number of para-hydroxylation sites is 2. The van der Waals surface area contributed by atoms with Gasteiger partial charge in [0.2, 0.25) is 0 Å². The quantitative estimate of drug-likeness (QED) is 0.281. The van der Waals surface area contributed by atoms with Gasteiger partial charge in [-0.25, -0.2) is 15.0 Å². The molecule has 4 rings (SSSR count). The second-order valence-electron chi connectivity index (χ2n) is 8.14. The van der Waals surface area contributed by atoms with E-state index in [0.29, 0.717) is 11.6 Å². The van der Waals surface area contributed by atoms with Gasteiger partial charge in [0, 0.05) is 23.7 Å². The average molecular weight is 403 g/mol. The number of benzene rings is 2. The molecule has 2 heterocycles. The summed E-state index contributed by atoms with van der Waals surface area (Å²) < 4.78 is 2.14. The number of nitrogens with zero attached hydrogens (tertiary/aromatic N) is 5. The zero-order valence-electron chi connectivity index (χ0n) is 17.4. The molecule has 0 unspecified atom stereocenters. The summed E-state index contributed by atoms with van der Waals surface area (Å²) in [6.45, 7) is 6.64. The molecule has 4 aromatic rings. The van der Waals surface area contributed by atoms with Gasteiger partial charge in [0.15, 0.2) is 11.3 Å². The van der Waals surface area contributed by atoms with Crippen molar-refractivity contribution in [2.75, 3.05) is 0 Å². The highest BCUT2D eigenvalue weighted by atomic mass is 16.6. The van der Waals surface area contributed by atoms with Gasteiger partial charge in [0.25, 0.3) is 5.69 Å². The molecule has 0 aliphatic carbocycles. The highest BCUT2D eigenvalue weighted by Crippen LogP contribution is 2.31. The summed E-state index contributed by atoms with van der Waals surface area (Å²) in [5.74, 6) is 1.40. The van der Waals surface area contributed by atoms with E-state index in [0.717, 1.165) is 40.9 Å². The van der Waals surface area contributed by atoms with E-state index in [4.69, 9.17) is 15.0 Å². The van der Waals surface area contributed by atoms with Gasteiger partial charge in [-0.1, -0.05) is 38.8 Å². The maximum atomic E-state index is 11.0. The van der Waals surface area contributed by atoms with Gasteiger partial charge in [0.1, 0.15) is 5.82 Å². The van der Waals surface area contributed by atoms with Crippen LogP contribution in [0, 0.1) is 16.0 Å². The van der Waals surface area contributed by atoms with Crippen molar-refractivity contribution in [2.45, 2.75) is 46.1 Å². The standard InChI is InChI=1S/C23H25N5O2/c1-15(2)7-6-8-16(3)27-22(17-11-13-18(14-12-17)28(29)30)26-21-23(27)25-20-10-5-4-9-19(20)24-21/h4-5,9-16H,6-8H2,1-3H3/t16-/m1/s1. The van der Waals surface area contributed by atoms with Gasteiger partial charge >= 0.3 is 0 Å². The van der Waals surface area contributed by atoms with Crippen LogP contribution in [0.4, 0.5) is 5.69 Å². The van der Waals surface area contributed by atoms with Crippen molar-refractivity contribution in [1.29, 1.82) is 0 Å². The minimum atomic E-state index is -0.392. The van der Waals surface area contributed by atoms with E-state index in [1.807, 2.05) is 24.3 Å². The number of fused-ring (bicyclic) bond motifs is 2. The number of aromatic nitrogens is 4. The van der Waals surface area contributed by atoms with Crippen molar-refractivity contribution < 1.29 is 4.92 Å². The Balaban J connectivity index is 1.84. The van der Waals surface area contributed by atoms with E-state index in [2.05, 4.69) is 25.3 Å². The largest absolute Gasteiger partial charge is 0.304 e. The maximum Gasteiger partial charge on any atom is 0.269 e. The van der Waals surface area contributed by atoms with Gasteiger partial charge < -0.3 is 4.57 Å². The number of hydrogen-bond donors (Lipinski definition) is 0. The van der Waals surface area contributed by atoms with E-state index >= 15 is 0 Å². The Morgan fingerprint density at radius 1 is 0.933 bits per heavy atom. The van der Waals surface area contributed by atoms with Crippen molar-refractivity contribution in [1.82, 2.24) is 19.5 Å². The highest BCUT2D eigenvalue weighted by molar-refractivity contribution is 5.85. The Bertz CT molecular complexity index is 1200. The summed E-state index contributed by atoms with van der Waals surface area (Å²) in [4.78, 5) is 25.0. The first-order chi connectivity index (χ1) is 14.4. The van der Waals surface area contributed by atoms with Gasteiger partial charge in [-0.05, 0) is 43.5 Å². The molecule has 2 aromatic heterocycles. The highest BCUT2D eigenvalue weighted by Gasteiger charge is 2.20. The average Bonchev–Trinajstić information content (AvgIpc) is 3.10. The molecule has 154 valence electrons. The second kappa shape index (κ2) is 8.18. The predicted octanol–water partition coefficient (Wildman–Crippen LogP) is 5.94. The summed E-state index contributed by atoms with van der Waals surface area (Å²) >= 11 is 0. The van der Waals surface area contributed by atoms with Crippen LogP contribution in [0.3, 0.4) is 0 Å². The monoisotopic (exact) mass is 403 g/mol. The first-order valence-electron chi connectivity index (χ1n) is 10.3. The number of hydrogen-bond acceptors (Lipinski definition) is 5. The molecule has 0 bridgehead atoms. The predicted molar refractivity (Wildman–Crippen MR) is 118 cm³/mol. The fraction of sp³-hybridized carbons (Fsp3) is 0.348. The molecular formula is C23H25N5O2. The van der Waals surface area contributed by atoms with Crippen molar-refractivity contribution in [3.8, 4) is 11.4 Å². The van der Waals surface area contributed by atoms with E-state index in [1.54, 1.807) is 12.1 Å². The Labute approximate surface area is 175 Å². The summed E-state index contributed by atoms with van der Waals surface area (Å²) in [6.07, 6.45) is 3.27. The maximum absolute atomic E-state index is 11.0. The van der Waals surface area contributed by atoms with Crippen LogP contribution in [0.25, 0.3) is 33.7 Å². The lowest BCUT2D eigenvalue weighted by Gasteiger charge is -2.18. The third-order valence-electron chi connectivity index (χ3n) is 5.38. The first kappa shape index (κ1) is 19.9. The third kappa shape index (κ3) is 3.87. The van der Waals surface area contributed by atoms with E-state index in [1.165, 1.54) is 18.6 Å². The van der Waals surface area contributed by atoms with Crippen LogP contribution in [-0.2, 0) is 0 Å². The summed E-state index contributed by atoms with van der Waals surface area (Å²) in [5, 5.41) is 11.0. The molecule has 7 heteroatoms. The Kier molecular flexibility index (Phi) is 5.44. The minimum Gasteiger partial charge on any atom is -0.304 e. The summed E-state index contributed by atoms with van der Waals surface area (Å²) in [6, 6.07) is 14.5. The van der Waals surface area contributed by atoms with Crippen molar-refractivity contribution in [3.63, 3.8) is 0 Å². The molecule has 1 atom stereocenters. The lowest BCUT2D eigenvalue weighted by atomic mass is 10.0. The van der Waals surface area contributed by atoms with Crippen LogP contribution >= 0.6 is 0 Å². The van der Waals surface area contributed by atoms with Gasteiger partial charge in [0.05, 0.1) is 16.0 Å². The van der Waals surface area contributed by atoms with Crippen molar-refractivity contribution in [2.24, 2.45) is 5.92 Å². The van der Waals surface area contributed by atoms with Crippen LogP contribution in [0.15, 0.2) is 48.5 Å². The van der Waals surface area contributed by atoms with Gasteiger partial charge in [-0.15, -0.1) is 0 Å². The fourth-order valence-electron chi connectivity index (χ4n) is 3.78. The molecule has 0 amide bonds.